The molecule has 0 fully saturated rings. The van der Waals surface area contributed by atoms with Crippen LogP contribution in [-0.2, 0) is 6.54 Å². The highest BCUT2D eigenvalue weighted by Gasteiger charge is 2.17. The molecule has 2 aromatic carbocycles. The van der Waals surface area contributed by atoms with Crippen molar-refractivity contribution in [3.05, 3.63) is 75.6 Å². The second kappa shape index (κ2) is 7.07. The van der Waals surface area contributed by atoms with E-state index in [9.17, 15) is 4.79 Å². The van der Waals surface area contributed by atoms with Gasteiger partial charge in [0.25, 0.3) is 5.91 Å². The van der Waals surface area contributed by atoms with Gasteiger partial charge in [-0.1, -0.05) is 46.6 Å². The number of nitrogens with zero attached hydrogens (tertiary/aromatic N) is 3. The van der Waals surface area contributed by atoms with Gasteiger partial charge in [-0.25, -0.2) is 4.68 Å². The van der Waals surface area contributed by atoms with Gasteiger partial charge in [0.2, 0.25) is 0 Å². The van der Waals surface area contributed by atoms with Gasteiger partial charge in [0.05, 0.1) is 11.4 Å². The standard InChI is InChI=1S/C19H19ClN4O/c1-12-7-8-15(13(2)9-12)11-21-19(25)18-14(3)24(23-22-18)17-6-4-5-16(20)10-17/h4-10H,11H2,1-3H3,(H,21,25). The SMILES string of the molecule is Cc1ccc(CNC(=O)c2nnn(-c3cccc(Cl)c3)c2C)c(C)c1. The van der Waals surface area contributed by atoms with E-state index in [0.29, 0.717) is 23.0 Å². The van der Waals surface area contributed by atoms with Gasteiger partial charge in [0.1, 0.15) is 0 Å². The second-order valence-corrected chi connectivity index (χ2v) is 6.46. The number of carbonyl (C=O) groups excluding carboxylic acids is 1. The molecule has 5 nitrogen and oxygen atoms in total. The van der Waals surface area contributed by atoms with Crippen LogP contribution in [0.3, 0.4) is 0 Å². The number of rotatable bonds is 4. The van der Waals surface area contributed by atoms with E-state index < -0.39 is 0 Å². The summed E-state index contributed by atoms with van der Waals surface area (Å²) in [5.41, 5.74) is 5.18. The molecule has 0 radical (unpaired) electrons. The minimum Gasteiger partial charge on any atom is -0.346 e. The van der Waals surface area contributed by atoms with Crippen molar-refractivity contribution in [2.45, 2.75) is 27.3 Å². The van der Waals surface area contributed by atoms with Crippen LogP contribution >= 0.6 is 11.6 Å². The average Bonchev–Trinajstić information content (AvgIpc) is 2.95. The molecule has 1 heterocycles. The summed E-state index contributed by atoms with van der Waals surface area (Å²) in [6.45, 7) is 6.35. The molecule has 0 bridgehead atoms. The van der Waals surface area contributed by atoms with E-state index in [1.165, 1.54) is 5.56 Å². The van der Waals surface area contributed by atoms with Crippen LogP contribution in [0, 0.1) is 20.8 Å². The van der Waals surface area contributed by atoms with E-state index in [1.54, 1.807) is 16.8 Å². The number of hydrogen-bond donors (Lipinski definition) is 1. The molecule has 0 saturated carbocycles. The topological polar surface area (TPSA) is 59.8 Å². The minimum absolute atomic E-state index is 0.245. The molecule has 25 heavy (non-hydrogen) atoms. The van der Waals surface area contributed by atoms with Gasteiger partial charge < -0.3 is 5.32 Å². The lowest BCUT2D eigenvalue weighted by Crippen LogP contribution is -2.24. The summed E-state index contributed by atoms with van der Waals surface area (Å²) in [6, 6.07) is 13.4. The van der Waals surface area contributed by atoms with Crippen molar-refractivity contribution in [2.24, 2.45) is 0 Å². The highest BCUT2D eigenvalue weighted by molar-refractivity contribution is 6.30. The number of aryl methyl sites for hydroxylation is 2. The van der Waals surface area contributed by atoms with Crippen LogP contribution in [0.2, 0.25) is 5.02 Å². The molecule has 6 heteroatoms. The molecule has 0 spiro atoms. The molecule has 0 unspecified atom stereocenters. The second-order valence-electron chi connectivity index (χ2n) is 6.03. The number of benzene rings is 2. The Kier molecular flexibility index (Phi) is 4.86. The first-order valence-electron chi connectivity index (χ1n) is 7.98. The van der Waals surface area contributed by atoms with E-state index in [0.717, 1.165) is 16.8 Å². The summed E-state index contributed by atoms with van der Waals surface area (Å²) in [7, 11) is 0. The first-order valence-corrected chi connectivity index (χ1v) is 8.36. The van der Waals surface area contributed by atoms with Crippen molar-refractivity contribution in [1.29, 1.82) is 0 Å². The van der Waals surface area contributed by atoms with Gasteiger partial charge in [-0.3, -0.25) is 4.79 Å². The third-order valence-electron chi connectivity index (χ3n) is 4.10. The molecule has 0 aliphatic rings. The normalized spacial score (nSPS) is 10.7. The van der Waals surface area contributed by atoms with Crippen molar-refractivity contribution < 1.29 is 4.79 Å². The summed E-state index contributed by atoms with van der Waals surface area (Å²) >= 11 is 6.02. The van der Waals surface area contributed by atoms with Gasteiger partial charge in [-0.2, -0.15) is 0 Å². The smallest absolute Gasteiger partial charge is 0.274 e. The Morgan fingerprint density at radius 1 is 1.16 bits per heavy atom. The van der Waals surface area contributed by atoms with Gasteiger partial charge in [0, 0.05) is 11.6 Å². The quantitative estimate of drug-likeness (QED) is 0.775. The lowest BCUT2D eigenvalue weighted by Gasteiger charge is -2.08. The molecule has 0 aliphatic heterocycles. The molecular weight excluding hydrogens is 336 g/mol. The first kappa shape index (κ1) is 17.2. The fourth-order valence-corrected chi connectivity index (χ4v) is 2.88. The average molecular weight is 355 g/mol. The molecule has 3 rings (SSSR count). The molecule has 3 aromatic rings. The van der Waals surface area contributed by atoms with E-state index >= 15 is 0 Å². The van der Waals surface area contributed by atoms with Crippen molar-refractivity contribution in [2.75, 3.05) is 0 Å². The van der Waals surface area contributed by atoms with Gasteiger partial charge in [0.15, 0.2) is 5.69 Å². The number of aromatic nitrogens is 3. The number of amides is 1. The van der Waals surface area contributed by atoms with Crippen LogP contribution in [0.25, 0.3) is 5.69 Å². The summed E-state index contributed by atoms with van der Waals surface area (Å²) in [5.74, 6) is -0.245. The maximum atomic E-state index is 12.5. The molecule has 0 aliphatic carbocycles. The molecule has 0 saturated heterocycles. The van der Waals surface area contributed by atoms with Crippen LogP contribution in [-0.4, -0.2) is 20.9 Å². The van der Waals surface area contributed by atoms with Crippen molar-refractivity contribution >= 4 is 17.5 Å². The zero-order valence-electron chi connectivity index (χ0n) is 14.4. The molecule has 0 atom stereocenters. The molecule has 128 valence electrons. The zero-order valence-corrected chi connectivity index (χ0v) is 15.1. The minimum atomic E-state index is -0.245. The Balaban J connectivity index is 1.77. The Labute approximate surface area is 151 Å². The summed E-state index contributed by atoms with van der Waals surface area (Å²) in [6.07, 6.45) is 0. The monoisotopic (exact) mass is 354 g/mol. The Morgan fingerprint density at radius 3 is 2.68 bits per heavy atom. The van der Waals surface area contributed by atoms with E-state index in [1.807, 2.05) is 45.0 Å². The highest BCUT2D eigenvalue weighted by atomic mass is 35.5. The molecule has 1 amide bonds. The summed E-state index contributed by atoms with van der Waals surface area (Å²) < 4.78 is 1.61. The number of hydrogen-bond acceptors (Lipinski definition) is 3. The largest absolute Gasteiger partial charge is 0.346 e. The maximum absolute atomic E-state index is 12.5. The molecular formula is C19H19ClN4O. The third-order valence-corrected chi connectivity index (χ3v) is 4.34. The van der Waals surface area contributed by atoms with Crippen molar-refractivity contribution in [3.63, 3.8) is 0 Å². The predicted octanol–water partition coefficient (Wildman–Crippen LogP) is 3.78. The summed E-state index contributed by atoms with van der Waals surface area (Å²) in [5, 5.41) is 11.6. The Bertz CT molecular complexity index is 933. The Morgan fingerprint density at radius 2 is 1.96 bits per heavy atom. The number of halogens is 1. The van der Waals surface area contributed by atoms with E-state index in [2.05, 4.69) is 21.7 Å². The van der Waals surface area contributed by atoms with Gasteiger partial charge in [-0.05, 0) is 50.1 Å². The fourth-order valence-electron chi connectivity index (χ4n) is 2.70. The summed E-state index contributed by atoms with van der Waals surface area (Å²) in [4.78, 5) is 12.5. The van der Waals surface area contributed by atoms with Crippen LogP contribution in [0.5, 0.6) is 0 Å². The van der Waals surface area contributed by atoms with E-state index in [4.69, 9.17) is 11.6 Å². The lowest BCUT2D eigenvalue weighted by molar-refractivity contribution is 0.0945. The predicted molar refractivity (Wildman–Crippen MR) is 98.2 cm³/mol. The maximum Gasteiger partial charge on any atom is 0.274 e. The molecule has 1 aromatic heterocycles. The third kappa shape index (κ3) is 3.72. The first-order chi connectivity index (χ1) is 12.0. The van der Waals surface area contributed by atoms with Crippen LogP contribution in [0.4, 0.5) is 0 Å². The Hall–Kier alpha value is -2.66. The van der Waals surface area contributed by atoms with Gasteiger partial charge >= 0.3 is 0 Å². The highest BCUT2D eigenvalue weighted by Crippen LogP contribution is 2.17. The number of nitrogens with one attached hydrogen (secondary N) is 1. The van der Waals surface area contributed by atoms with Crippen molar-refractivity contribution in [3.8, 4) is 5.69 Å². The van der Waals surface area contributed by atoms with E-state index in [-0.39, 0.29) is 5.91 Å². The fraction of sp³-hybridized carbons (Fsp3) is 0.211. The van der Waals surface area contributed by atoms with Crippen LogP contribution in [0.15, 0.2) is 42.5 Å². The molecule has 1 N–H and O–H groups in total. The van der Waals surface area contributed by atoms with Crippen molar-refractivity contribution in [1.82, 2.24) is 20.3 Å². The van der Waals surface area contributed by atoms with Crippen LogP contribution < -0.4 is 5.32 Å². The number of carbonyl (C=O) groups is 1. The van der Waals surface area contributed by atoms with Gasteiger partial charge in [-0.15, -0.1) is 5.10 Å². The van der Waals surface area contributed by atoms with Crippen LogP contribution in [0.1, 0.15) is 32.9 Å². The zero-order chi connectivity index (χ0) is 18.0. The lowest BCUT2D eigenvalue weighted by atomic mass is 10.1.